The van der Waals surface area contributed by atoms with Crippen molar-refractivity contribution in [3.63, 3.8) is 0 Å². The van der Waals surface area contributed by atoms with Crippen molar-refractivity contribution in [3.05, 3.63) is 53.8 Å². The number of ketones is 1. The highest BCUT2D eigenvalue weighted by Gasteiger charge is 2.14. The molecule has 0 aromatic heterocycles. The van der Waals surface area contributed by atoms with Gasteiger partial charge in [0, 0.05) is 12.6 Å². The van der Waals surface area contributed by atoms with Crippen LogP contribution in [0.1, 0.15) is 17.3 Å². The molecule has 0 amide bonds. The van der Waals surface area contributed by atoms with Crippen LogP contribution in [0.5, 0.6) is 5.75 Å². The lowest BCUT2D eigenvalue weighted by Gasteiger charge is -2.22. The van der Waals surface area contributed by atoms with E-state index in [1.165, 1.54) is 13.0 Å². The second-order valence-corrected chi connectivity index (χ2v) is 4.45. The minimum absolute atomic E-state index is 0.157. The first kappa shape index (κ1) is 14.1. The Morgan fingerprint density at radius 3 is 2.45 bits per heavy atom. The number of halogens is 1. The second-order valence-electron chi connectivity index (χ2n) is 4.45. The number of hydrogen-bond donors (Lipinski definition) is 0. The molecule has 0 saturated carbocycles. The Balaban J connectivity index is 2.43. The quantitative estimate of drug-likeness (QED) is 0.793. The molecule has 2 aromatic rings. The molecule has 104 valence electrons. The predicted molar refractivity (Wildman–Crippen MR) is 77.5 cm³/mol. The van der Waals surface area contributed by atoms with Crippen LogP contribution < -0.4 is 9.64 Å². The van der Waals surface area contributed by atoms with Gasteiger partial charge in [-0.15, -0.1) is 0 Å². The smallest absolute Gasteiger partial charge is 0.159 e. The molecule has 0 N–H and O–H groups in total. The lowest BCUT2D eigenvalue weighted by molar-refractivity contribution is 0.101. The summed E-state index contributed by atoms with van der Waals surface area (Å²) in [6.07, 6.45) is 0. The number of benzene rings is 2. The van der Waals surface area contributed by atoms with E-state index in [2.05, 4.69) is 0 Å². The third kappa shape index (κ3) is 2.64. The van der Waals surface area contributed by atoms with Crippen molar-refractivity contribution in [1.82, 2.24) is 0 Å². The number of carbonyl (C=O) groups is 1. The van der Waals surface area contributed by atoms with E-state index in [9.17, 15) is 9.18 Å². The van der Waals surface area contributed by atoms with Crippen LogP contribution in [0.15, 0.2) is 42.5 Å². The molecule has 0 heterocycles. The van der Waals surface area contributed by atoms with Crippen molar-refractivity contribution in [3.8, 4) is 5.75 Å². The fourth-order valence-electron chi connectivity index (χ4n) is 2.03. The molecule has 0 radical (unpaired) electrons. The molecule has 0 unspecified atom stereocenters. The zero-order valence-corrected chi connectivity index (χ0v) is 11.7. The maximum Gasteiger partial charge on any atom is 0.159 e. The first-order chi connectivity index (χ1) is 9.54. The van der Waals surface area contributed by atoms with Crippen LogP contribution >= 0.6 is 0 Å². The number of rotatable bonds is 4. The average molecular weight is 273 g/mol. The van der Waals surface area contributed by atoms with Crippen molar-refractivity contribution in [2.75, 3.05) is 19.1 Å². The number of nitrogens with zero attached hydrogens (tertiary/aromatic N) is 1. The number of methoxy groups -OCH3 is 1. The summed E-state index contributed by atoms with van der Waals surface area (Å²) in [5.41, 5.74) is 1.50. The summed E-state index contributed by atoms with van der Waals surface area (Å²) in [6, 6.07) is 11.8. The first-order valence-corrected chi connectivity index (χ1v) is 6.22. The fourth-order valence-corrected chi connectivity index (χ4v) is 2.03. The van der Waals surface area contributed by atoms with Gasteiger partial charge in [0.1, 0.15) is 11.6 Å². The zero-order valence-electron chi connectivity index (χ0n) is 11.7. The van der Waals surface area contributed by atoms with Gasteiger partial charge in [0.2, 0.25) is 0 Å². The summed E-state index contributed by atoms with van der Waals surface area (Å²) < 4.78 is 19.4. The highest BCUT2D eigenvalue weighted by Crippen LogP contribution is 2.33. The Morgan fingerprint density at radius 1 is 1.15 bits per heavy atom. The van der Waals surface area contributed by atoms with E-state index in [1.807, 2.05) is 24.3 Å². The highest BCUT2D eigenvalue weighted by atomic mass is 19.1. The molecule has 3 nitrogen and oxygen atoms in total. The summed E-state index contributed by atoms with van der Waals surface area (Å²) in [5.74, 6) is 0.0616. The predicted octanol–water partition coefficient (Wildman–Crippen LogP) is 3.80. The van der Waals surface area contributed by atoms with Crippen LogP contribution in [-0.2, 0) is 0 Å². The van der Waals surface area contributed by atoms with Crippen molar-refractivity contribution in [2.24, 2.45) is 0 Å². The lowest BCUT2D eigenvalue weighted by Crippen LogP contribution is -2.12. The van der Waals surface area contributed by atoms with Gasteiger partial charge in [0.05, 0.1) is 18.5 Å². The summed E-state index contributed by atoms with van der Waals surface area (Å²) in [5, 5.41) is 0. The molecule has 0 fully saturated rings. The van der Waals surface area contributed by atoms with Crippen molar-refractivity contribution in [2.45, 2.75) is 6.92 Å². The largest absolute Gasteiger partial charge is 0.495 e. The van der Waals surface area contributed by atoms with Gasteiger partial charge in [0.15, 0.2) is 5.78 Å². The molecule has 0 spiro atoms. The van der Waals surface area contributed by atoms with Crippen molar-refractivity contribution < 1.29 is 13.9 Å². The number of carbonyl (C=O) groups excluding carboxylic acids is 1. The average Bonchev–Trinajstić information content (AvgIpc) is 2.46. The molecule has 2 aromatic carbocycles. The van der Waals surface area contributed by atoms with E-state index >= 15 is 0 Å². The Morgan fingerprint density at radius 2 is 1.85 bits per heavy atom. The Kier molecular flexibility index (Phi) is 4.03. The number of hydrogen-bond acceptors (Lipinski definition) is 3. The number of ether oxygens (including phenoxy) is 1. The number of para-hydroxylation sites is 2. The zero-order chi connectivity index (χ0) is 14.7. The number of Topliss-reactive ketones (excluding diaryl/α,β-unsaturated/α-hetero) is 1. The summed E-state index contributed by atoms with van der Waals surface area (Å²) in [4.78, 5) is 12.9. The summed E-state index contributed by atoms with van der Waals surface area (Å²) >= 11 is 0. The Hall–Kier alpha value is -2.36. The van der Waals surface area contributed by atoms with E-state index in [0.29, 0.717) is 17.0 Å². The topological polar surface area (TPSA) is 29.5 Å². The summed E-state index contributed by atoms with van der Waals surface area (Å²) in [7, 11) is 3.32. The van der Waals surface area contributed by atoms with Gasteiger partial charge in [-0.25, -0.2) is 4.39 Å². The Bertz CT molecular complexity index is 640. The van der Waals surface area contributed by atoms with Gasteiger partial charge < -0.3 is 9.64 Å². The first-order valence-electron chi connectivity index (χ1n) is 6.22. The van der Waals surface area contributed by atoms with Crippen LogP contribution in [0, 0.1) is 5.82 Å². The standard InChI is InChI=1S/C16H16FNO2/c1-11(19)12-8-9-14(13(17)10-12)18(2)15-6-4-5-7-16(15)20-3/h4-10H,1-3H3. The van der Waals surface area contributed by atoms with E-state index in [-0.39, 0.29) is 5.78 Å². The van der Waals surface area contributed by atoms with Gasteiger partial charge in [-0.1, -0.05) is 12.1 Å². The monoisotopic (exact) mass is 273 g/mol. The van der Waals surface area contributed by atoms with Crippen LogP contribution in [-0.4, -0.2) is 19.9 Å². The second kappa shape index (κ2) is 5.74. The SMILES string of the molecule is COc1ccccc1N(C)c1ccc(C(C)=O)cc1F. The van der Waals surface area contributed by atoms with Crippen molar-refractivity contribution >= 4 is 17.2 Å². The van der Waals surface area contributed by atoms with Gasteiger partial charge in [0.25, 0.3) is 0 Å². The molecule has 2 rings (SSSR count). The molecule has 0 saturated heterocycles. The maximum absolute atomic E-state index is 14.1. The molecule has 0 aliphatic heterocycles. The van der Waals surface area contributed by atoms with Crippen LogP contribution in [0.4, 0.5) is 15.8 Å². The van der Waals surface area contributed by atoms with Crippen LogP contribution in [0.2, 0.25) is 0 Å². The minimum atomic E-state index is -0.439. The molecule has 4 heteroatoms. The highest BCUT2D eigenvalue weighted by molar-refractivity contribution is 5.94. The molecule has 0 atom stereocenters. The lowest BCUT2D eigenvalue weighted by atomic mass is 10.1. The maximum atomic E-state index is 14.1. The van der Waals surface area contributed by atoms with Crippen molar-refractivity contribution in [1.29, 1.82) is 0 Å². The minimum Gasteiger partial charge on any atom is -0.495 e. The molecular weight excluding hydrogens is 257 g/mol. The third-order valence-electron chi connectivity index (χ3n) is 3.16. The van der Waals surface area contributed by atoms with E-state index in [0.717, 1.165) is 5.69 Å². The van der Waals surface area contributed by atoms with E-state index < -0.39 is 5.82 Å². The molecule has 0 bridgehead atoms. The summed E-state index contributed by atoms with van der Waals surface area (Å²) in [6.45, 7) is 1.42. The molecule has 0 aliphatic rings. The fraction of sp³-hybridized carbons (Fsp3) is 0.188. The molecular formula is C16H16FNO2. The van der Waals surface area contributed by atoms with Gasteiger partial charge in [-0.2, -0.15) is 0 Å². The van der Waals surface area contributed by atoms with Gasteiger partial charge >= 0.3 is 0 Å². The Labute approximate surface area is 117 Å². The third-order valence-corrected chi connectivity index (χ3v) is 3.16. The number of anilines is 2. The van der Waals surface area contributed by atoms with Gasteiger partial charge in [-0.3, -0.25) is 4.79 Å². The van der Waals surface area contributed by atoms with E-state index in [4.69, 9.17) is 4.74 Å². The molecule has 0 aliphatic carbocycles. The van der Waals surface area contributed by atoms with Gasteiger partial charge in [-0.05, 0) is 37.3 Å². The van der Waals surface area contributed by atoms with Crippen LogP contribution in [0.3, 0.4) is 0 Å². The van der Waals surface area contributed by atoms with E-state index in [1.54, 1.807) is 31.2 Å². The van der Waals surface area contributed by atoms with Crippen LogP contribution in [0.25, 0.3) is 0 Å². The normalized spacial score (nSPS) is 10.2. The molecule has 20 heavy (non-hydrogen) atoms.